The maximum atomic E-state index is 13.2. The van der Waals surface area contributed by atoms with Crippen LogP contribution in [0.5, 0.6) is 0 Å². The Morgan fingerprint density at radius 3 is 1.04 bits per heavy atom. The van der Waals surface area contributed by atoms with Gasteiger partial charge in [0.15, 0.2) is 0 Å². The van der Waals surface area contributed by atoms with Crippen LogP contribution in [-0.2, 0) is 43.6 Å². The minimum absolute atomic E-state index is 0. The van der Waals surface area contributed by atoms with Gasteiger partial charge in [0.2, 0.25) is 0 Å². The van der Waals surface area contributed by atoms with Crippen molar-refractivity contribution < 1.29 is 57.0 Å². The van der Waals surface area contributed by atoms with Crippen LogP contribution in [0, 0.1) is 0 Å². The first-order valence-electron chi connectivity index (χ1n) is 24.2. The molecule has 0 radical (unpaired) electrons. The zero-order valence-corrected chi connectivity index (χ0v) is 47.2. The summed E-state index contributed by atoms with van der Waals surface area (Å²) < 4.78 is 120. The van der Waals surface area contributed by atoms with E-state index in [1.807, 2.05) is 57.2 Å². The number of hydrogen-bond donors (Lipinski definition) is 10. The van der Waals surface area contributed by atoms with Gasteiger partial charge < -0.3 is 52.3 Å². The summed E-state index contributed by atoms with van der Waals surface area (Å²) in [4.78, 5) is 29.7. The molecule has 26 heteroatoms. The summed E-state index contributed by atoms with van der Waals surface area (Å²) in [6, 6.07) is 31.5. The van der Waals surface area contributed by atoms with Crippen molar-refractivity contribution in [2.45, 2.75) is 47.9 Å². The summed E-state index contributed by atoms with van der Waals surface area (Å²) >= 11 is 0. The number of aromatic nitrogens is 4. The van der Waals surface area contributed by atoms with E-state index < -0.39 is 45.2 Å². The number of H-pyrrole nitrogens is 2. The molecule has 4 aromatic carbocycles. The van der Waals surface area contributed by atoms with Crippen molar-refractivity contribution >= 4 is 97.2 Å². The average Bonchev–Trinajstić information content (AvgIpc) is 4.32. The maximum Gasteiger partial charge on any atom is 0.500 e. The van der Waals surface area contributed by atoms with Gasteiger partial charge in [-0.1, -0.05) is 48.5 Å². The Balaban J connectivity index is 0.00000344. The van der Waals surface area contributed by atoms with Gasteiger partial charge in [-0.15, -0.1) is 0 Å². The quantitative estimate of drug-likeness (QED) is 0.0217. The molecule has 2 aliphatic heterocycles. The molecule has 80 heavy (non-hydrogen) atoms. The van der Waals surface area contributed by atoms with E-state index in [1.54, 1.807) is 60.7 Å². The van der Waals surface area contributed by atoms with Gasteiger partial charge in [-0.05, 0) is 147 Å². The number of benzene rings is 4. The van der Waals surface area contributed by atoms with E-state index in [9.17, 15) is 43.7 Å². The van der Waals surface area contributed by atoms with Crippen LogP contribution >= 0.6 is 0 Å². The third kappa shape index (κ3) is 13.5. The van der Waals surface area contributed by atoms with Gasteiger partial charge in [0.1, 0.15) is 0 Å². The van der Waals surface area contributed by atoms with Crippen LogP contribution in [0.3, 0.4) is 0 Å². The molecule has 2 amide bonds. The molecule has 0 spiro atoms. The molecule has 0 unspecified atom stereocenters. The fraction of sp³-hybridized carbons (Fsp3) is 0.167. The number of fused-ring (bicyclic) bond motifs is 8. The molecule has 7 aromatic rings. The zero-order valence-electron chi connectivity index (χ0n) is 43.8. The van der Waals surface area contributed by atoms with E-state index in [0.29, 0.717) is 134 Å². The van der Waals surface area contributed by atoms with Crippen LogP contribution in [0.4, 0.5) is 10.5 Å². The van der Waals surface area contributed by atoms with Crippen molar-refractivity contribution in [3.8, 4) is 44.5 Å². The number of anilines is 1. The maximum absolute atomic E-state index is 13.2. The van der Waals surface area contributed by atoms with Crippen molar-refractivity contribution in [3.05, 3.63) is 144 Å². The van der Waals surface area contributed by atoms with E-state index in [-0.39, 0.29) is 33.1 Å². The van der Waals surface area contributed by atoms with Gasteiger partial charge in [0.25, 0.3) is 30.4 Å². The van der Waals surface area contributed by atoms with Gasteiger partial charge >= 0.3 is 14.8 Å². The summed E-state index contributed by atoms with van der Waals surface area (Å²) in [6.07, 6.45) is 7.76. The molecule has 3 aromatic heterocycles. The number of urea groups is 1. The number of nitrogens with zero attached hydrogens (tertiary/aromatic N) is 2. The summed E-state index contributed by atoms with van der Waals surface area (Å²) in [7, 11) is -16.5. The number of amides is 2. The molecule has 22 nitrogen and oxygen atoms in total. The number of carbonyl (C=O) groups is 1. The van der Waals surface area contributed by atoms with Crippen LogP contribution in [0.2, 0.25) is 6.04 Å². The Kier molecular flexibility index (Phi) is 19.5. The van der Waals surface area contributed by atoms with Gasteiger partial charge in [0.05, 0.1) is 37.5 Å². The van der Waals surface area contributed by atoms with Crippen LogP contribution in [-0.4, -0.2) is 100 Å². The highest BCUT2D eigenvalue weighted by Crippen LogP contribution is 2.39. The smallest absolute Gasteiger partial charge is 0.374 e. The lowest BCUT2D eigenvalue weighted by Gasteiger charge is -2.28. The van der Waals surface area contributed by atoms with E-state index >= 15 is 0 Å². The summed E-state index contributed by atoms with van der Waals surface area (Å²) in [5.74, 6) is 0. The van der Waals surface area contributed by atoms with Crippen molar-refractivity contribution in [2.75, 3.05) is 31.7 Å². The first-order chi connectivity index (χ1) is 36.8. The highest BCUT2D eigenvalue weighted by atomic mass is 32.2. The summed E-state index contributed by atoms with van der Waals surface area (Å²) in [5.41, 5.74) is 8.98. The second-order valence-corrected chi connectivity index (χ2v) is 24.5. The first-order valence-corrected chi connectivity index (χ1v) is 30.5. The van der Waals surface area contributed by atoms with E-state index in [2.05, 4.69) is 20.6 Å². The number of nitrogens with one attached hydrogen (secondary N) is 4. The zero-order chi connectivity index (χ0) is 54.7. The van der Waals surface area contributed by atoms with Gasteiger partial charge in [-0.3, -0.25) is 13.7 Å². The first kappa shape index (κ1) is 61.7. The second-order valence-electron chi connectivity index (χ2n) is 17.5. The van der Waals surface area contributed by atoms with E-state index in [4.69, 9.17) is 23.2 Å². The molecule has 5 heterocycles. The molecule has 9 rings (SSSR count). The highest BCUT2D eigenvalue weighted by molar-refractivity contribution is 7.86. The standard InChI is InChI=1S/C54H52N6O13S3Si.3H3N/c1-4-71-77(72-5-2,73-6-3)33-7-32-55-54(61)56-38-16-8-34(9-17-38)50-42-24-26-44(57-42)51(35-10-18-39(19-11-35)74(62,63)64)46-28-30-48(59-46)53(37-14-22-41(23-15-37)76(68,69)70)49-31-29-47(60-49)52(45-27-25-43(50)58-45)36-12-20-40(21-13-36)75(65,66)67;;;/h8-31,57,60H,4-7,32-33H2,1-3H3,(H2,55,56,61)(H,62,63,64)(H,65,66,67)(H,68,69,70);3*1H3. The monoisotopic (exact) mass is 1170 g/mol. The van der Waals surface area contributed by atoms with E-state index in [1.165, 1.54) is 48.5 Å². The number of aromatic amines is 2. The molecule has 16 N–H and O–H groups in total. The molecule has 0 saturated heterocycles. The Hall–Kier alpha value is -7.54. The van der Waals surface area contributed by atoms with Crippen LogP contribution in [0.15, 0.2) is 136 Å². The topological polar surface area (TPSA) is 394 Å². The van der Waals surface area contributed by atoms with Gasteiger partial charge in [-0.2, -0.15) is 25.3 Å². The Morgan fingerprint density at radius 2 is 0.762 bits per heavy atom. The molecule has 422 valence electrons. The minimum atomic E-state index is -4.55. The lowest BCUT2D eigenvalue weighted by Crippen LogP contribution is -2.46. The van der Waals surface area contributed by atoms with Crippen LogP contribution < -0.4 is 29.1 Å². The van der Waals surface area contributed by atoms with Crippen molar-refractivity contribution in [3.63, 3.8) is 0 Å². The molecule has 0 saturated carbocycles. The number of carbonyl (C=O) groups excluding carboxylic acids is 1. The lowest BCUT2D eigenvalue weighted by atomic mass is 10.0. The minimum Gasteiger partial charge on any atom is -0.374 e. The molecule has 0 atom stereocenters. The second kappa shape index (κ2) is 25.3. The largest absolute Gasteiger partial charge is 0.500 e. The molecular weight excluding hydrogens is 1110 g/mol. The Bertz CT molecular complexity index is 3900. The van der Waals surface area contributed by atoms with Gasteiger partial charge in [0, 0.05) is 82.4 Å². The molecule has 0 fully saturated rings. The summed E-state index contributed by atoms with van der Waals surface area (Å²) in [6.45, 7) is 7.34. The van der Waals surface area contributed by atoms with E-state index in [0.717, 1.165) is 0 Å². The van der Waals surface area contributed by atoms with Crippen molar-refractivity contribution in [1.82, 2.24) is 43.7 Å². The third-order valence-electron chi connectivity index (χ3n) is 12.5. The fourth-order valence-electron chi connectivity index (χ4n) is 9.20. The molecule has 0 aliphatic carbocycles. The van der Waals surface area contributed by atoms with Crippen molar-refractivity contribution in [1.29, 1.82) is 0 Å². The van der Waals surface area contributed by atoms with Gasteiger partial charge in [-0.25, -0.2) is 14.8 Å². The molecule has 8 bridgehead atoms. The van der Waals surface area contributed by atoms with Crippen molar-refractivity contribution in [2.24, 2.45) is 0 Å². The number of hydrogen-bond acceptors (Lipinski definition) is 15. The SMILES string of the molecule is CCO[Si](CCCNC(=O)Nc1ccc(-c2c3nc(c(-c4ccc(S(=O)(=O)O)cc4)c4ccc([nH]4)c(-c4ccc(S(=O)(=O)O)cc4)c4nc(c(-c5ccc(S(=O)(=O)O)cc5)c5ccc2[nH]5)C=C4)C=C3)cc1)(OCC)OCC.N.N.N. The third-order valence-corrected chi connectivity index (χ3v) is 18.3. The predicted molar refractivity (Wildman–Crippen MR) is 312 cm³/mol. The number of rotatable bonds is 18. The van der Waals surface area contributed by atoms with Crippen LogP contribution in [0.1, 0.15) is 50.0 Å². The predicted octanol–water partition coefficient (Wildman–Crippen LogP) is 11.1. The highest BCUT2D eigenvalue weighted by Gasteiger charge is 2.39. The lowest BCUT2D eigenvalue weighted by molar-refractivity contribution is 0.0708. The fourth-order valence-corrected chi connectivity index (χ4v) is 13.3. The Labute approximate surface area is 463 Å². The molecule has 2 aliphatic rings. The molecular formula is C54H61N9O13S3Si. The Morgan fingerprint density at radius 1 is 0.475 bits per heavy atom. The van der Waals surface area contributed by atoms with Crippen LogP contribution in [0.25, 0.3) is 90.9 Å². The average molecular weight is 1170 g/mol. The normalized spacial score (nSPS) is 12.3. The summed E-state index contributed by atoms with van der Waals surface area (Å²) in [5, 5.41) is 5.80.